The monoisotopic (exact) mass is 255 g/mol. The Labute approximate surface area is 114 Å². The summed E-state index contributed by atoms with van der Waals surface area (Å²) in [7, 11) is 0. The van der Waals surface area contributed by atoms with E-state index in [-0.39, 0.29) is 5.60 Å². The highest BCUT2D eigenvalue weighted by Crippen LogP contribution is 2.45. The van der Waals surface area contributed by atoms with E-state index in [9.17, 15) is 0 Å². The van der Waals surface area contributed by atoms with Gasteiger partial charge in [-0.1, -0.05) is 27.7 Å². The van der Waals surface area contributed by atoms with Crippen molar-refractivity contribution in [2.45, 2.75) is 79.4 Å². The maximum atomic E-state index is 5.76. The van der Waals surface area contributed by atoms with Gasteiger partial charge in [0.25, 0.3) is 0 Å². The first-order valence-corrected chi connectivity index (χ1v) is 7.37. The molecule has 0 amide bonds. The third-order valence-corrected chi connectivity index (χ3v) is 3.63. The van der Waals surface area contributed by atoms with E-state index in [0.717, 1.165) is 13.2 Å². The molecule has 0 aromatic heterocycles. The molecule has 0 spiro atoms. The van der Waals surface area contributed by atoms with Crippen molar-refractivity contribution >= 4 is 0 Å². The van der Waals surface area contributed by atoms with E-state index in [0.29, 0.717) is 16.9 Å². The predicted molar refractivity (Wildman–Crippen MR) is 78.9 cm³/mol. The zero-order valence-electron chi connectivity index (χ0n) is 13.5. The lowest BCUT2D eigenvalue weighted by Crippen LogP contribution is -2.45. The van der Waals surface area contributed by atoms with Crippen LogP contribution in [0.15, 0.2) is 0 Å². The summed E-state index contributed by atoms with van der Waals surface area (Å²) in [6.07, 6.45) is 3.90. The van der Waals surface area contributed by atoms with Gasteiger partial charge in [-0.2, -0.15) is 0 Å². The van der Waals surface area contributed by atoms with Gasteiger partial charge in [-0.25, -0.2) is 0 Å². The van der Waals surface area contributed by atoms with Crippen LogP contribution in [0.4, 0.5) is 0 Å². The molecule has 108 valence electrons. The molecule has 0 aromatic rings. The van der Waals surface area contributed by atoms with E-state index in [1.807, 2.05) is 0 Å². The van der Waals surface area contributed by atoms with Gasteiger partial charge < -0.3 is 10.1 Å². The highest BCUT2D eigenvalue weighted by atomic mass is 16.5. The highest BCUT2D eigenvalue weighted by molar-refractivity contribution is 4.92. The molecule has 1 N–H and O–H groups in total. The predicted octanol–water partition coefficient (Wildman–Crippen LogP) is 4.00. The minimum atomic E-state index is -0.0210. The maximum Gasteiger partial charge on any atom is 0.0599 e. The molecule has 0 heterocycles. The van der Waals surface area contributed by atoms with Crippen LogP contribution in [0.3, 0.4) is 0 Å². The quantitative estimate of drug-likeness (QED) is 0.767. The van der Waals surface area contributed by atoms with Crippen molar-refractivity contribution in [3.63, 3.8) is 0 Å². The maximum absolute atomic E-state index is 5.76. The molecule has 0 unspecified atom stereocenters. The standard InChI is InChI=1S/C16H33NO/c1-14(2,3)18-9-8-17-13-10-15(4,5)12-16(6,7)11-13/h13,17H,8-12H2,1-7H3. The molecule has 2 heteroatoms. The van der Waals surface area contributed by atoms with Crippen LogP contribution < -0.4 is 5.32 Å². The summed E-state index contributed by atoms with van der Waals surface area (Å²) >= 11 is 0. The topological polar surface area (TPSA) is 21.3 Å². The van der Waals surface area contributed by atoms with Gasteiger partial charge >= 0.3 is 0 Å². The van der Waals surface area contributed by atoms with Crippen LogP contribution in [0.5, 0.6) is 0 Å². The fourth-order valence-corrected chi connectivity index (χ4v) is 3.61. The summed E-state index contributed by atoms with van der Waals surface area (Å²) in [4.78, 5) is 0. The molecular formula is C16H33NO. The lowest BCUT2D eigenvalue weighted by atomic mass is 9.63. The van der Waals surface area contributed by atoms with Crippen molar-refractivity contribution in [3.05, 3.63) is 0 Å². The lowest BCUT2D eigenvalue weighted by molar-refractivity contribution is -0.00453. The van der Waals surface area contributed by atoms with Gasteiger partial charge in [-0.3, -0.25) is 0 Å². The Morgan fingerprint density at radius 2 is 1.56 bits per heavy atom. The van der Waals surface area contributed by atoms with Crippen molar-refractivity contribution in [2.24, 2.45) is 10.8 Å². The lowest BCUT2D eigenvalue weighted by Gasteiger charge is -2.45. The van der Waals surface area contributed by atoms with Crippen molar-refractivity contribution in [2.75, 3.05) is 13.2 Å². The van der Waals surface area contributed by atoms with E-state index in [4.69, 9.17) is 4.74 Å². The normalized spacial score (nSPS) is 24.2. The fraction of sp³-hybridized carbons (Fsp3) is 1.00. The van der Waals surface area contributed by atoms with Gasteiger partial charge in [0.1, 0.15) is 0 Å². The summed E-state index contributed by atoms with van der Waals surface area (Å²) in [5.41, 5.74) is 0.904. The molecule has 0 atom stereocenters. The fourth-order valence-electron chi connectivity index (χ4n) is 3.61. The Kier molecular flexibility index (Phi) is 4.88. The zero-order valence-corrected chi connectivity index (χ0v) is 13.5. The number of nitrogens with one attached hydrogen (secondary N) is 1. The van der Waals surface area contributed by atoms with Gasteiger partial charge in [-0.05, 0) is 50.9 Å². The van der Waals surface area contributed by atoms with Gasteiger partial charge in [0.15, 0.2) is 0 Å². The molecule has 0 radical (unpaired) electrons. The summed E-state index contributed by atoms with van der Waals surface area (Å²) < 4.78 is 5.76. The second-order valence-electron chi connectivity index (χ2n) is 8.53. The Morgan fingerprint density at radius 3 is 2.00 bits per heavy atom. The number of rotatable bonds is 4. The van der Waals surface area contributed by atoms with Gasteiger partial charge in [0.05, 0.1) is 12.2 Å². The van der Waals surface area contributed by atoms with E-state index < -0.39 is 0 Å². The molecule has 0 aliphatic heterocycles. The van der Waals surface area contributed by atoms with Crippen LogP contribution in [0, 0.1) is 10.8 Å². The van der Waals surface area contributed by atoms with Crippen molar-refractivity contribution in [1.29, 1.82) is 0 Å². The number of ether oxygens (including phenoxy) is 1. The molecule has 0 aromatic carbocycles. The molecular weight excluding hydrogens is 222 g/mol. The Bertz CT molecular complexity index is 247. The van der Waals surface area contributed by atoms with Gasteiger partial charge in [0.2, 0.25) is 0 Å². The highest BCUT2D eigenvalue weighted by Gasteiger charge is 2.37. The summed E-state index contributed by atoms with van der Waals surface area (Å²) in [5.74, 6) is 0. The van der Waals surface area contributed by atoms with Gasteiger partial charge in [0, 0.05) is 12.6 Å². The first kappa shape index (κ1) is 16.0. The molecule has 1 rings (SSSR count). The average Bonchev–Trinajstić information content (AvgIpc) is 2.05. The second-order valence-corrected chi connectivity index (χ2v) is 8.53. The van der Waals surface area contributed by atoms with E-state index in [2.05, 4.69) is 53.8 Å². The molecule has 1 saturated carbocycles. The molecule has 0 saturated heterocycles. The molecule has 0 bridgehead atoms. The van der Waals surface area contributed by atoms with Gasteiger partial charge in [-0.15, -0.1) is 0 Å². The van der Waals surface area contributed by atoms with Crippen LogP contribution in [0.25, 0.3) is 0 Å². The van der Waals surface area contributed by atoms with Crippen LogP contribution in [0.2, 0.25) is 0 Å². The Morgan fingerprint density at radius 1 is 1.06 bits per heavy atom. The molecule has 1 fully saturated rings. The summed E-state index contributed by atoms with van der Waals surface area (Å²) in [6.45, 7) is 17.7. The van der Waals surface area contributed by atoms with E-state index in [1.54, 1.807) is 0 Å². The average molecular weight is 255 g/mol. The van der Waals surface area contributed by atoms with Crippen LogP contribution in [-0.2, 0) is 4.74 Å². The number of hydrogen-bond acceptors (Lipinski definition) is 2. The number of hydrogen-bond donors (Lipinski definition) is 1. The summed E-state index contributed by atoms with van der Waals surface area (Å²) in [5, 5.41) is 3.68. The Balaban J connectivity index is 2.34. The van der Waals surface area contributed by atoms with Crippen molar-refractivity contribution in [3.8, 4) is 0 Å². The molecule has 1 aliphatic rings. The minimum Gasteiger partial charge on any atom is -0.375 e. The third kappa shape index (κ3) is 6.19. The minimum absolute atomic E-state index is 0.0210. The molecule has 1 aliphatic carbocycles. The smallest absolute Gasteiger partial charge is 0.0599 e. The Hall–Kier alpha value is -0.0800. The first-order valence-electron chi connectivity index (χ1n) is 7.37. The third-order valence-electron chi connectivity index (χ3n) is 3.63. The van der Waals surface area contributed by atoms with Crippen LogP contribution in [-0.4, -0.2) is 24.8 Å². The largest absolute Gasteiger partial charge is 0.375 e. The van der Waals surface area contributed by atoms with Crippen LogP contribution >= 0.6 is 0 Å². The van der Waals surface area contributed by atoms with E-state index in [1.165, 1.54) is 19.3 Å². The second kappa shape index (κ2) is 5.50. The first-order chi connectivity index (χ1) is 7.99. The molecule has 2 nitrogen and oxygen atoms in total. The molecule has 18 heavy (non-hydrogen) atoms. The van der Waals surface area contributed by atoms with Crippen molar-refractivity contribution < 1.29 is 4.74 Å². The van der Waals surface area contributed by atoms with E-state index >= 15 is 0 Å². The summed E-state index contributed by atoms with van der Waals surface area (Å²) in [6, 6.07) is 0.646. The zero-order chi connectivity index (χ0) is 14.0. The van der Waals surface area contributed by atoms with Crippen LogP contribution in [0.1, 0.15) is 67.7 Å². The van der Waals surface area contributed by atoms with Crippen molar-refractivity contribution in [1.82, 2.24) is 5.32 Å². The SMILES string of the molecule is CC1(C)CC(NCCOC(C)(C)C)CC(C)(C)C1.